The first-order valence-electron chi connectivity index (χ1n) is 6.48. The first kappa shape index (κ1) is 11.8. The monoisotopic (exact) mass is 223 g/mol. The number of nitrogens with zero attached hydrogens (tertiary/aromatic N) is 1. The molecule has 16 heavy (non-hydrogen) atoms. The van der Waals surface area contributed by atoms with E-state index in [9.17, 15) is 9.59 Å². The SMILES string of the molecule is CCCN1CCC[C@H]2CC(C=O)C(=O)C[C@@H]21. The molecule has 3 heteroatoms. The normalized spacial score (nSPS) is 35.8. The van der Waals surface area contributed by atoms with Crippen molar-refractivity contribution in [3.63, 3.8) is 0 Å². The van der Waals surface area contributed by atoms with E-state index in [2.05, 4.69) is 11.8 Å². The quantitative estimate of drug-likeness (QED) is 0.539. The third kappa shape index (κ3) is 2.19. The number of aldehydes is 1. The van der Waals surface area contributed by atoms with Crippen molar-refractivity contribution in [2.24, 2.45) is 11.8 Å². The molecule has 1 saturated carbocycles. The molecule has 0 amide bonds. The molecule has 0 aromatic heterocycles. The fourth-order valence-corrected chi connectivity index (χ4v) is 3.30. The van der Waals surface area contributed by atoms with Crippen molar-refractivity contribution in [3.05, 3.63) is 0 Å². The molecule has 1 aliphatic heterocycles. The minimum atomic E-state index is -0.303. The lowest BCUT2D eigenvalue weighted by Crippen LogP contribution is -2.51. The number of Topliss-reactive ketones (excluding diaryl/α,β-unsaturated/α-hetero) is 1. The summed E-state index contributed by atoms with van der Waals surface area (Å²) in [6.07, 6.45) is 5.83. The number of ketones is 1. The van der Waals surface area contributed by atoms with Crippen molar-refractivity contribution < 1.29 is 9.59 Å². The molecule has 2 aliphatic rings. The lowest BCUT2D eigenvalue weighted by molar-refractivity contribution is -0.133. The Bertz CT molecular complexity index is 275. The van der Waals surface area contributed by atoms with Gasteiger partial charge in [-0.3, -0.25) is 9.69 Å². The van der Waals surface area contributed by atoms with E-state index in [-0.39, 0.29) is 11.7 Å². The highest BCUT2D eigenvalue weighted by Gasteiger charge is 2.40. The van der Waals surface area contributed by atoms with Gasteiger partial charge in [0.25, 0.3) is 0 Å². The largest absolute Gasteiger partial charge is 0.303 e. The molecule has 1 unspecified atom stereocenters. The Labute approximate surface area is 97.2 Å². The van der Waals surface area contributed by atoms with E-state index in [4.69, 9.17) is 0 Å². The number of rotatable bonds is 3. The molecule has 0 radical (unpaired) electrons. The third-order valence-corrected chi connectivity index (χ3v) is 4.09. The zero-order valence-corrected chi connectivity index (χ0v) is 10.0. The van der Waals surface area contributed by atoms with Crippen molar-refractivity contribution >= 4 is 12.1 Å². The van der Waals surface area contributed by atoms with Crippen molar-refractivity contribution in [2.45, 2.75) is 45.1 Å². The number of fused-ring (bicyclic) bond motifs is 1. The van der Waals surface area contributed by atoms with Crippen LogP contribution in [-0.4, -0.2) is 36.1 Å². The average molecular weight is 223 g/mol. The van der Waals surface area contributed by atoms with Crippen LogP contribution in [0.15, 0.2) is 0 Å². The summed E-state index contributed by atoms with van der Waals surface area (Å²) in [5, 5.41) is 0. The second-order valence-electron chi connectivity index (χ2n) is 5.15. The van der Waals surface area contributed by atoms with Gasteiger partial charge < -0.3 is 4.79 Å². The molecule has 0 bridgehead atoms. The number of likely N-dealkylation sites (tertiary alicyclic amines) is 1. The molecule has 0 N–H and O–H groups in total. The fourth-order valence-electron chi connectivity index (χ4n) is 3.30. The maximum atomic E-state index is 11.8. The van der Waals surface area contributed by atoms with E-state index < -0.39 is 0 Å². The summed E-state index contributed by atoms with van der Waals surface area (Å²) in [7, 11) is 0. The van der Waals surface area contributed by atoms with Crippen LogP contribution >= 0.6 is 0 Å². The van der Waals surface area contributed by atoms with E-state index in [0.717, 1.165) is 32.2 Å². The Hall–Kier alpha value is -0.700. The Kier molecular flexibility index (Phi) is 3.74. The summed E-state index contributed by atoms with van der Waals surface area (Å²) in [6, 6.07) is 0.428. The van der Waals surface area contributed by atoms with Crippen LogP contribution in [0.3, 0.4) is 0 Å². The molecule has 3 nitrogen and oxygen atoms in total. The predicted molar refractivity (Wildman–Crippen MR) is 62.2 cm³/mol. The summed E-state index contributed by atoms with van der Waals surface area (Å²) in [4.78, 5) is 25.1. The van der Waals surface area contributed by atoms with Crippen molar-refractivity contribution in [1.82, 2.24) is 4.90 Å². The summed E-state index contributed by atoms with van der Waals surface area (Å²) in [5.74, 6) is 0.440. The van der Waals surface area contributed by atoms with Gasteiger partial charge in [-0.2, -0.15) is 0 Å². The molecule has 0 aromatic rings. The van der Waals surface area contributed by atoms with Gasteiger partial charge in [-0.1, -0.05) is 6.92 Å². The number of piperidine rings is 1. The van der Waals surface area contributed by atoms with Gasteiger partial charge in [0.15, 0.2) is 0 Å². The molecular weight excluding hydrogens is 202 g/mol. The minimum absolute atomic E-state index is 0.166. The summed E-state index contributed by atoms with van der Waals surface area (Å²) >= 11 is 0. The maximum absolute atomic E-state index is 11.8. The molecular formula is C13H21NO2. The van der Waals surface area contributed by atoms with Crippen LogP contribution in [0.5, 0.6) is 0 Å². The van der Waals surface area contributed by atoms with Crippen LogP contribution in [0.4, 0.5) is 0 Å². The number of carbonyl (C=O) groups excluding carboxylic acids is 2. The molecule has 2 fully saturated rings. The first-order chi connectivity index (χ1) is 7.76. The molecule has 1 heterocycles. The van der Waals surface area contributed by atoms with Crippen LogP contribution < -0.4 is 0 Å². The minimum Gasteiger partial charge on any atom is -0.303 e. The summed E-state index contributed by atoms with van der Waals surface area (Å²) in [6.45, 7) is 4.41. The summed E-state index contributed by atoms with van der Waals surface area (Å²) < 4.78 is 0. The van der Waals surface area contributed by atoms with Crippen LogP contribution in [-0.2, 0) is 9.59 Å². The Morgan fingerprint density at radius 3 is 3.00 bits per heavy atom. The standard InChI is InChI=1S/C13H21NO2/c1-2-5-14-6-3-4-10-7-11(9-15)13(16)8-12(10)14/h9-12H,2-8H2,1H3/t10-,11?,12-/m0/s1. The van der Waals surface area contributed by atoms with Crippen LogP contribution in [0.1, 0.15) is 39.0 Å². The fraction of sp³-hybridized carbons (Fsp3) is 0.846. The van der Waals surface area contributed by atoms with Crippen LogP contribution in [0, 0.1) is 11.8 Å². The third-order valence-electron chi connectivity index (χ3n) is 4.09. The lowest BCUT2D eigenvalue weighted by Gasteiger charge is -2.44. The van der Waals surface area contributed by atoms with E-state index in [1.165, 1.54) is 12.8 Å². The predicted octanol–water partition coefficient (Wildman–Crippen LogP) is 1.66. The zero-order chi connectivity index (χ0) is 11.5. The highest BCUT2D eigenvalue weighted by Crippen LogP contribution is 2.35. The molecule has 1 aliphatic carbocycles. The smallest absolute Gasteiger partial charge is 0.144 e. The molecule has 3 atom stereocenters. The molecule has 0 aromatic carbocycles. The van der Waals surface area contributed by atoms with E-state index in [1.807, 2.05) is 0 Å². The topological polar surface area (TPSA) is 37.4 Å². The maximum Gasteiger partial charge on any atom is 0.144 e. The zero-order valence-electron chi connectivity index (χ0n) is 10.0. The highest BCUT2D eigenvalue weighted by molar-refractivity contribution is 5.94. The Morgan fingerprint density at radius 1 is 1.50 bits per heavy atom. The van der Waals surface area contributed by atoms with E-state index in [0.29, 0.717) is 18.4 Å². The van der Waals surface area contributed by atoms with Gasteiger partial charge in [0.1, 0.15) is 12.1 Å². The Balaban J connectivity index is 2.05. The number of carbonyl (C=O) groups is 2. The van der Waals surface area contributed by atoms with E-state index in [1.54, 1.807) is 0 Å². The molecule has 90 valence electrons. The number of hydrogen-bond donors (Lipinski definition) is 0. The Morgan fingerprint density at radius 2 is 2.31 bits per heavy atom. The second kappa shape index (κ2) is 5.09. The van der Waals surface area contributed by atoms with Gasteiger partial charge in [-0.15, -0.1) is 0 Å². The van der Waals surface area contributed by atoms with Gasteiger partial charge in [0.05, 0.1) is 5.92 Å². The molecule has 2 rings (SSSR count). The van der Waals surface area contributed by atoms with Gasteiger partial charge in [-0.25, -0.2) is 0 Å². The van der Waals surface area contributed by atoms with Crippen molar-refractivity contribution in [1.29, 1.82) is 0 Å². The van der Waals surface area contributed by atoms with Gasteiger partial charge in [-0.05, 0) is 44.7 Å². The van der Waals surface area contributed by atoms with Crippen molar-refractivity contribution in [3.8, 4) is 0 Å². The van der Waals surface area contributed by atoms with Crippen molar-refractivity contribution in [2.75, 3.05) is 13.1 Å². The average Bonchev–Trinajstić information content (AvgIpc) is 2.29. The number of hydrogen-bond acceptors (Lipinski definition) is 3. The van der Waals surface area contributed by atoms with Gasteiger partial charge in [0.2, 0.25) is 0 Å². The van der Waals surface area contributed by atoms with Gasteiger partial charge in [0, 0.05) is 12.5 Å². The highest BCUT2D eigenvalue weighted by atomic mass is 16.1. The van der Waals surface area contributed by atoms with Gasteiger partial charge >= 0.3 is 0 Å². The van der Waals surface area contributed by atoms with Crippen LogP contribution in [0.25, 0.3) is 0 Å². The summed E-state index contributed by atoms with van der Waals surface area (Å²) in [5.41, 5.74) is 0. The molecule has 0 spiro atoms. The second-order valence-corrected chi connectivity index (χ2v) is 5.15. The first-order valence-corrected chi connectivity index (χ1v) is 6.48. The van der Waals surface area contributed by atoms with Crippen LogP contribution in [0.2, 0.25) is 0 Å². The van der Waals surface area contributed by atoms with E-state index >= 15 is 0 Å². The molecule has 1 saturated heterocycles. The lowest BCUT2D eigenvalue weighted by atomic mass is 9.73.